The first-order valence-corrected chi connectivity index (χ1v) is 4.73. The number of rotatable bonds is 3. The predicted molar refractivity (Wildman–Crippen MR) is 62.4 cm³/mol. The van der Waals surface area contributed by atoms with Crippen molar-refractivity contribution >= 4 is 31.0 Å². The number of hydrogen-bond acceptors (Lipinski definition) is 4. The fourth-order valence-electron chi connectivity index (χ4n) is 1.54. The van der Waals surface area contributed by atoms with Crippen molar-refractivity contribution < 1.29 is 19.7 Å². The normalized spacial score (nSPS) is 10.2. The van der Waals surface area contributed by atoms with Crippen molar-refractivity contribution in [3.8, 4) is 5.75 Å². The maximum Gasteiger partial charge on any atom is 0.569 e. The average Bonchev–Trinajstić information content (AvgIpc) is 2.28. The average molecular weight is 215 g/mol. The van der Waals surface area contributed by atoms with Crippen LogP contribution < -0.4 is 10.1 Å². The van der Waals surface area contributed by atoms with Gasteiger partial charge in [-0.3, -0.25) is 0 Å². The third-order valence-electron chi connectivity index (χ3n) is 2.32. The Bertz CT molecular complexity index is 501. The molecular weight excluding hydrogens is 206 g/mol. The van der Waals surface area contributed by atoms with Gasteiger partial charge in [0.25, 0.3) is 0 Å². The molecule has 0 aliphatic carbocycles. The highest BCUT2D eigenvalue weighted by atomic mass is 16.5. The van der Waals surface area contributed by atoms with Crippen molar-refractivity contribution in [2.24, 2.45) is 0 Å². The minimum absolute atomic E-state index is 0.440. The zero-order valence-corrected chi connectivity index (χ0v) is 8.37. The van der Waals surface area contributed by atoms with Crippen LogP contribution in [-0.2, 0) is 0 Å². The van der Waals surface area contributed by atoms with Crippen molar-refractivity contribution in [3.63, 3.8) is 0 Å². The molecule has 16 heavy (non-hydrogen) atoms. The lowest BCUT2D eigenvalue weighted by molar-refractivity contribution is 0.426. The molecule has 0 spiro atoms. The van der Waals surface area contributed by atoms with Gasteiger partial charge in [0.2, 0.25) is 0 Å². The minimum Gasteiger partial charge on any atom is -0.537 e. The van der Waals surface area contributed by atoms with Crippen LogP contribution in [-0.4, -0.2) is 29.9 Å². The van der Waals surface area contributed by atoms with Gasteiger partial charge in [-0.2, -0.15) is 0 Å². The Labute approximate surface area is 93.6 Å². The van der Waals surface area contributed by atoms with Crippen molar-refractivity contribution in [2.75, 3.05) is 0 Å². The molecule has 0 heterocycles. The lowest BCUT2D eigenvalue weighted by atomic mass is 9.79. The lowest BCUT2D eigenvalue weighted by Gasteiger charge is -2.05. The van der Waals surface area contributed by atoms with Gasteiger partial charge in [-0.15, -0.1) is 0 Å². The van der Waals surface area contributed by atoms with E-state index < -0.39 is 7.12 Å². The maximum atomic E-state index is 9.01. The summed E-state index contributed by atoms with van der Waals surface area (Å²) in [5, 5.41) is 28.3. The monoisotopic (exact) mass is 215 g/mol. The number of hydrogen-bond donors (Lipinski definition) is 3. The van der Waals surface area contributed by atoms with Gasteiger partial charge < -0.3 is 19.7 Å². The first-order valence-electron chi connectivity index (χ1n) is 4.73. The van der Waals surface area contributed by atoms with Gasteiger partial charge in [0.05, 0.1) is 0 Å². The second kappa shape index (κ2) is 4.57. The molecule has 0 aromatic heterocycles. The first kappa shape index (κ1) is 11.0. The smallest absolute Gasteiger partial charge is 0.537 e. The predicted octanol–water partition coefficient (Wildman–Crippen LogP) is -0.575. The Morgan fingerprint density at radius 1 is 1.00 bits per heavy atom. The second-order valence-corrected chi connectivity index (χ2v) is 3.37. The Morgan fingerprint density at radius 3 is 2.38 bits per heavy atom. The van der Waals surface area contributed by atoms with Gasteiger partial charge in [0.1, 0.15) is 5.75 Å². The van der Waals surface area contributed by atoms with Gasteiger partial charge >= 0.3 is 14.8 Å². The van der Waals surface area contributed by atoms with Crippen LogP contribution in [0.1, 0.15) is 0 Å². The molecule has 6 heteroatoms. The molecule has 2 aromatic carbocycles. The van der Waals surface area contributed by atoms with Crippen LogP contribution in [0.2, 0.25) is 0 Å². The largest absolute Gasteiger partial charge is 0.569 e. The molecule has 0 aliphatic rings. The van der Waals surface area contributed by atoms with Crippen LogP contribution in [0.25, 0.3) is 10.8 Å². The quantitative estimate of drug-likeness (QED) is 0.599. The standard InChI is InChI=1S/C10H9B2O4/c13-11-16-10-4-2-7-5-9(12(14)15)3-1-8(7)6-10/h1-6,13-15H. The summed E-state index contributed by atoms with van der Waals surface area (Å²) in [5.41, 5.74) is 0.440. The molecule has 0 saturated carbocycles. The molecule has 0 saturated heterocycles. The molecule has 0 aliphatic heterocycles. The van der Waals surface area contributed by atoms with Crippen LogP contribution in [0, 0.1) is 0 Å². The molecular formula is C10H9B2O4. The van der Waals surface area contributed by atoms with Crippen molar-refractivity contribution in [2.45, 2.75) is 0 Å². The van der Waals surface area contributed by atoms with Gasteiger partial charge in [-0.25, -0.2) is 0 Å². The summed E-state index contributed by atoms with van der Waals surface area (Å²) in [4.78, 5) is 0. The second-order valence-electron chi connectivity index (χ2n) is 3.37. The summed E-state index contributed by atoms with van der Waals surface area (Å²) < 4.78 is 4.82. The van der Waals surface area contributed by atoms with E-state index in [1.807, 2.05) is 0 Å². The van der Waals surface area contributed by atoms with E-state index in [9.17, 15) is 0 Å². The summed E-state index contributed by atoms with van der Waals surface area (Å²) in [6.07, 6.45) is 0. The highest BCUT2D eigenvalue weighted by Gasteiger charge is 2.10. The molecule has 0 atom stereocenters. The van der Waals surface area contributed by atoms with Crippen molar-refractivity contribution in [1.29, 1.82) is 0 Å². The zero-order valence-electron chi connectivity index (χ0n) is 8.37. The Hall–Kier alpha value is -1.49. The third-order valence-corrected chi connectivity index (χ3v) is 2.32. The number of benzene rings is 2. The van der Waals surface area contributed by atoms with E-state index >= 15 is 0 Å². The first-order chi connectivity index (χ1) is 7.70. The van der Waals surface area contributed by atoms with Gasteiger partial charge in [0.15, 0.2) is 0 Å². The van der Waals surface area contributed by atoms with E-state index in [2.05, 4.69) is 0 Å². The summed E-state index contributed by atoms with van der Waals surface area (Å²) in [6, 6.07) is 10.3. The highest BCUT2D eigenvalue weighted by Crippen LogP contribution is 2.19. The minimum atomic E-state index is -1.47. The topological polar surface area (TPSA) is 69.9 Å². The van der Waals surface area contributed by atoms with E-state index in [1.165, 1.54) is 0 Å². The van der Waals surface area contributed by atoms with E-state index in [-0.39, 0.29) is 0 Å². The van der Waals surface area contributed by atoms with Gasteiger partial charge in [0, 0.05) is 0 Å². The van der Waals surface area contributed by atoms with Gasteiger partial charge in [-0.05, 0) is 28.4 Å². The Balaban J connectivity index is 2.44. The van der Waals surface area contributed by atoms with Crippen molar-refractivity contribution in [1.82, 2.24) is 0 Å². The van der Waals surface area contributed by atoms with E-state index in [0.717, 1.165) is 10.8 Å². The molecule has 0 bridgehead atoms. The molecule has 0 unspecified atom stereocenters. The van der Waals surface area contributed by atoms with E-state index in [4.69, 9.17) is 19.7 Å². The molecule has 79 valence electrons. The van der Waals surface area contributed by atoms with Crippen LogP contribution >= 0.6 is 0 Å². The molecule has 0 fully saturated rings. The molecule has 3 N–H and O–H groups in total. The summed E-state index contributed by atoms with van der Waals surface area (Å²) in [5.74, 6) is 0.521. The molecule has 0 amide bonds. The van der Waals surface area contributed by atoms with Crippen LogP contribution in [0.3, 0.4) is 0 Å². The van der Waals surface area contributed by atoms with E-state index in [0.29, 0.717) is 18.9 Å². The molecule has 2 aromatic rings. The fourth-order valence-corrected chi connectivity index (χ4v) is 1.54. The maximum absolute atomic E-state index is 9.01. The zero-order chi connectivity index (χ0) is 11.5. The fraction of sp³-hybridized carbons (Fsp3) is 0. The SMILES string of the molecule is O[B]Oc1ccc2cc(B(O)O)ccc2c1. The van der Waals surface area contributed by atoms with Gasteiger partial charge in [-0.1, -0.05) is 24.3 Å². The van der Waals surface area contributed by atoms with Crippen LogP contribution in [0.4, 0.5) is 0 Å². The summed E-state index contributed by atoms with van der Waals surface area (Å²) in [7, 11) is -0.849. The third kappa shape index (κ3) is 2.19. The van der Waals surface area contributed by atoms with Crippen molar-refractivity contribution in [3.05, 3.63) is 36.4 Å². The Kier molecular flexibility index (Phi) is 3.14. The molecule has 4 nitrogen and oxygen atoms in total. The number of fused-ring (bicyclic) bond motifs is 1. The Morgan fingerprint density at radius 2 is 1.69 bits per heavy atom. The highest BCUT2D eigenvalue weighted by molar-refractivity contribution is 6.58. The lowest BCUT2D eigenvalue weighted by Crippen LogP contribution is -2.29. The van der Waals surface area contributed by atoms with E-state index in [1.54, 1.807) is 36.4 Å². The molecule has 2 rings (SSSR count). The van der Waals surface area contributed by atoms with Crippen LogP contribution in [0.5, 0.6) is 5.75 Å². The summed E-state index contributed by atoms with van der Waals surface area (Å²) >= 11 is 0. The summed E-state index contributed by atoms with van der Waals surface area (Å²) in [6.45, 7) is 0. The molecule has 1 radical (unpaired) electrons. The van der Waals surface area contributed by atoms with Crippen LogP contribution in [0.15, 0.2) is 36.4 Å².